The van der Waals surface area contributed by atoms with E-state index in [9.17, 15) is 0 Å². The molecule has 0 bridgehead atoms. The first kappa shape index (κ1) is 15.4. The molecule has 0 aliphatic heterocycles. The van der Waals surface area contributed by atoms with E-state index in [1.54, 1.807) is 33.5 Å². The zero-order valence-electron chi connectivity index (χ0n) is 12.2. The lowest BCUT2D eigenvalue weighted by Crippen LogP contribution is -1.97. The summed E-state index contributed by atoms with van der Waals surface area (Å²) in [5.41, 5.74) is 0.653. The van der Waals surface area contributed by atoms with E-state index in [0.717, 1.165) is 6.42 Å². The molecule has 0 radical (unpaired) electrons. The Balaban J connectivity index is 2.41. The van der Waals surface area contributed by atoms with Crippen LogP contribution in [0.5, 0.6) is 17.2 Å². The zero-order chi connectivity index (χ0) is 15.2. The minimum atomic E-state index is 0.373. The Morgan fingerprint density at radius 2 is 1.81 bits per heavy atom. The van der Waals surface area contributed by atoms with Gasteiger partial charge in [-0.2, -0.15) is 0 Å². The number of nitrogens with zero attached hydrogens (tertiary/aromatic N) is 2. The third-order valence-corrected chi connectivity index (χ3v) is 3.19. The number of aromatic nitrogens is 2. The largest absolute Gasteiger partial charge is 0.493 e. The van der Waals surface area contributed by atoms with E-state index in [4.69, 9.17) is 30.2 Å². The van der Waals surface area contributed by atoms with Crippen molar-refractivity contribution in [1.29, 1.82) is 0 Å². The molecule has 1 heterocycles. The van der Waals surface area contributed by atoms with Crippen molar-refractivity contribution >= 4 is 11.6 Å². The van der Waals surface area contributed by atoms with Gasteiger partial charge in [0.25, 0.3) is 5.89 Å². The van der Waals surface area contributed by atoms with E-state index in [2.05, 4.69) is 10.2 Å². The first-order valence-electron chi connectivity index (χ1n) is 6.42. The van der Waals surface area contributed by atoms with Crippen LogP contribution in [-0.4, -0.2) is 37.4 Å². The van der Waals surface area contributed by atoms with Crippen molar-refractivity contribution in [1.82, 2.24) is 10.2 Å². The highest BCUT2D eigenvalue weighted by atomic mass is 35.5. The molecule has 1 aromatic heterocycles. The van der Waals surface area contributed by atoms with Gasteiger partial charge >= 0.3 is 0 Å². The fourth-order valence-electron chi connectivity index (χ4n) is 1.95. The summed E-state index contributed by atoms with van der Waals surface area (Å²) in [6, 6.07) is 3.55. The van der Waals surface area contributed by atoms with Gasteiger partial charge in [-0.3, -0.25) is 0 Å². The molecule has 2 aromatic rings. The molecule has 0 atom stereocenters. The highest BCUT2D eigenvalue weighted by molar-refractivity contribution is 6.17. The van der Waals surface area contributed by atoms with Gasteiger partial charge in [0.1, 0.15) is 0 Å². The molecule has 2 rings (SSSR count). The Labute approximate surface area is 128 Å². The standard InChI is InChI=1S/C14H17ClN2O4/c1-18-10-7-6-9(12(19-2)13(10)20-3)14-17-16-11(21-14)5-4-8-15/h6-7H,4-5,8H2,1-3H3. The molecule has 0 amide bonds. The number of ether oxygens (including phenoxy) is 3. The summed E-state index contributed by atoms with van der Waals surface area (Å²) in [5, 5.41) is 8.04. The lowest BCUT2D eigenvalue weighted by atomic mass is 10.1. The summed E-state index contributed by atoms with van der Waals surface area (Å²) in [7, 11) is 4.66. The number of hydrogen-bond acceptors (Lipinski definition) is 6. The van der Waals surface area contributed by atoms with E-state index >= 15 is 0 Å². The number of halogens is 1. The maximum atomic E-state index is 5.66. The highest BCUT2D eigenvalue weighted by Crippen LogP contribution is 2.43. The summed E-state index contributed by atoms with van der Waals surface area (Å²) in [6.07, 6.45) is 1.43. The topological polar surface area (TPSA) is 66.6 Å². The van der Waals surface area contributed by atoms with Gasteiger partial charge in [0, 0.05) is 12.3 Å². The summed E-state index contributed by atoms with van der Waals surface area (Å²) in [4.78, 5) is 0. The molecule has 0 aliphatic rings. The number of aryl methyl sites for hydroxylation is 1. The second-order valence-electron chi connectivity index (χ2n) is 4.18. The Kier molecular flexibility index (Phi) is 5.27. The average Bonchev–Trinajstić information content (AvgIpc) is 2.99. The molecule has 0 saturated heterocycles. The molecule has 21 heavy (non-hydrogen) atoms. The van der Waals surface area contributed by atoms with E-state index in [-0.39, 0.29) is 0 Å². The zero-order valence-corrected chi connectivity index (χ0v) is 12.9. The van der Waals surface area contributed by atoms with Crippen LogP contribution in [0.15, 0.2) is 16.5 Å². The van der Waals surface area contributed by atoms with Crippen LogP contribution in [0.2, 0.25) is 0 Å². The first-order valence-corrected chi connectivity index (χ1v) is 6.96. The molecule has 0 unspecified atom stereocenters. The maximum Gasteiger partial charge on any atom is 0.251 e. The second kappa shape index (κ2) is 7.17. The molecular formula is C14H17ClN2O4. The van der Waals surface area contributed by atoms with E-state index in [0.29, 0.717) is 46.9 Å². The molecule has 0 fully saturated rings. The molecule has 7 heteroatoms. The van der Waals surface area contributed by atoms with Crippen molar-refractivity contribution < 1.29 is 18.6 Å². The van der Waals surface area contributed by atoms with Gasteiger partial charge in [-0.05, 0) is 18.6 Å². The highest BCUT2D eigenvalue weighted by Gasteiger charge is 2.20. The number of alkyl halides is 1. The van der Waals surface area contributed by atoms with Crippen LogP contribution >= 0.6 is 11.6 Å². The molecule has 1 aromatic carbocycles. The quantitative estimate of drug-likeness (QED) is 0.732. The summed E-state index contributed by atoms with van der Waals surface area (Å²) in [6.45, 7) is 0. The van der Waals surface area contributed by atoms with Gasteiger partial charge in [-0.15, -0.1) is 21.8 Å². The Hall–Kier alpha value is -1.95. The minimum Gasteiger partial charge on any atom is -0.493 e. The fourth-order valence-corrected chi connectivity index (χ4v) is 2.08. The van der Waals surface area contributed by atoms with E-state index < -0.39 is 0 Å². The predicted octanol–water partition coefficient (Wildman–Crippen LogP) is 2.93. The number of hydrogen-bond donors (Lipinski definition) is 0. The van der Waals surface area contributed by atoms with Crippen molar-refractivity contribution in [2.24, 2.45) is 0 Å². The third kappa shape index (κ3) is 3.21. The van der Waals surface area contributed by atoms with Crippen molar-refractivity contribution in [3.8, 4) is 28.7 Å². The normalized spacial score (nSPS) is 10.5. The van der Waals surface area contributed by atoms with Crippen LogP contribution in [0.25, 0.3) is 11.5 Å². The lowest BCUT2D eigenvalue weighted by molar-refractivity contribution is 0.324. The molecule has 0 N–H and O–H groups in total. The monoisotopic (exact) mass is 312 g/mol. The summed E-state index contributed by atoms with van der Waals surface area (Å²) < 4.78 is 21.6. The molecule has 114 valence electrons. The molecule has 0 aliphatic carbocycles. The van der Waals surface area contributed by atoms with Gasteiger partial charge in [0.2, 0.25) is 11.6 Å². The molecular weight excluding hydrogens is 296 g/mol. The molecule has 6 nitrogen and oxygen atoms in total. The predicted molar refractivity (Wildman–Crippen MR) is 78.4 cm³/mol. The average molecular weight is 313 g/mol. The minimum absolute atomic E-state index is 0.373. The Morgan fingerprint density at radius 1 is 1.05 bits per heavy atom. The lowest BCUT2D eigenvalue weighted by Gasteiger charge is -2.13. The van der Waals surface area contributed by atoms with Crippen LogP contribution in [0.1, 0.15) is 12.3 Å². The second-order valence-corrected chi connectivity index (χ2v) is 4.55. The van der Waals surface area contributed by atoms with Gasteiger partial charge in [0.15, 0.2) is 11.5 Å². The summed E-state index contributed by atoms with van der Waals surface area (Å²) in [5.74, 6) is 3.01. The van der Waals surface area contributed by atoms with Crippen LogP contribution in [-0.2, 0) is 6.42 Å². The third-order valence-electron chi connectivity index (χ3n) is 2.93. The van der Waals surface area contributed by atoms with Crippen LogP contribution in [0, 0.1) is 0 Å². The van der Waals surface area contributed by atoms with Gasteiger partial charge in [0.05, 0.1) is 26.9 Å². The van der Waals surface area contributed by atoms with Crippen molar-refractivity contribution in [2.45, 2.75) is 12.8 Å². The van der Waals surface area contributed by atoms with E-state index in [1.165, 1.54) is 0 Å². The molecule has 0 spiro atoms. The SMILES string of the molecule is COc1ccc(-c2nnc(CCCCl)o2)c(OC)c1OC. The first-order chi connectivity index (χ1) is 10.2. The van der Waals surface area contributed by atoms with Gasteiger partial charge < -0.3 is 18.6 Å². The number of rotatable bonds is 7. The van der Waals surface area contributed by atoms with Crippen LogP contribution in [0.3, 0.4) is 0 Å². The Morgan fingerprint density at radius 3 is 2.43 bits per heavy atom. The smallest absolute Gasteiger partial charge is 0.251 e. The fraction of sp³-hybridized carbons (Fsp3) is 0.429. The van der Waals surface area contributed by atoms with Crippen molar-refractivity contribution in [3.63, 3.8) is 0 Å². The number of benzene rings is 1. The van der Waals surface area contributed by atoms with Gasteiger partial charge in [-0.1, -0.05) is 0 Å². The molecule has 0 saturated carbocycles. The van der Waals surface area contributed by atoms with E-state index in [1.807, 2.05) is 0 Å². The summed E-state index contributed by atoms with van der Waals surface area (Å²) >= 11 is 5.66. The Bertz CT molecular complexity index is 601. The maximum absolute atomic E-state index is 5.66. The van der Waals surface area contributed by atoms with Crippen LogP contribution in [0.4, 0.5) is 0 Å². The number of methoxy groups -OCH3 is 3. The van der Waals surface area contributed by atoms with Crippen molar-refractivity contribution in [3.05, 3.63) is 18.0 Å². The van der Waals surface area contributed by atoms with Crippen molar-refractivity contribution in [2.75, 3.05) is 27.2 Å². The van der Waals surface area contributed by atoms with Gasteiger partial charge in [-0.25, -0.2) is 0 Å². The van der Waals surface area contributed by atoms with Crippen LogP contribution < -0.4 is 14.2 Å².